The molecule has 1 aromatic heterocycles. The molecule has 102 valence electrons. The van der Waals surface area contributed by atoms with Crippen molar-refractivity contribution in [1.82, 2.24) is 5.01 Å². The first-order valence-corrected chi connectivity index (χ1v) is 7.70. The van der Waals surface area contributed by atoms with E-state index in [9.17, 15) is 0 Å². The predicted molar refractivity (Wildman–Crippen MR) is 88.0 cm³/mol. The third kappa shape index (κ3) is 2.46. The molecule has 0 saturated carbocycles. The normalized spacial score (nSPS) is 18.1. The number of benzene rings is 1. The number of rotatable bonds is 2. The third-order valence-corrected chi connectivity index (χ3v) is 4.51. The van der Waals surface area contributed by atoms with Crippen LogP contribution in [0.3, 0.4) is 0 Å². The van der Waals surface area contributed by atoms with E-state index in [0.29, 0.717) is 5.11 Å². The summed E-state index contributed by atoms with van der Waals surface area (Å²) in [4.78, 5) is 1.18. The maximum Gasteiger partial charge on any atom is 0.187 e. The van der Waals surface area contributed by atoms with Crippen molar-refractivity contribution in [2.24, 2.45) is 10.8 Å². The zero-order chi connectivity index (χ0) is 14.1. The summed E-state index contributed by atoms with van der Waals surface area (Å²) in [5, 5.41) is 8.74. The van der Waals surface area contributed by atoms with Crippen molar-refractivity contribution in [2.45, 2.75) is 19.4 Å². The maximum atomic E-state index is 5.82. The molecule has 0 unspecified atom stereocenters. The number of thiocarbonyl (C=S) groups is 1. The number of hydrogen-bond donors (Lipinski definition) is 1. The second kappa shape index (κ2) is 5.34. The molecule has 0 radical (unpaired) electrons. The first-order chi connectivity index (χ1) is 9.65. The van der Waals surface area contributed by atoms with E-state index in [2.05, 4.69) is 47.7 Å². The first kappa shape index (κ1) is 13.3. The van der Waals surface area contributed by atoms with Crippen LogP contribution < -0.4 is 5.73 Å². The molecule has 3 rings (SSSR count). The fourth-order valence-corrected chi connectivity index (χ4v) is 3.24. The van der Waals surface area contributed by atoms with Gasteiger partial charge in [-0.2, -0.15) is 5.10 Å². The molecule has 2 heterocycles. The van der Waals surface area contributed by atoms with Gasteiger partial charge in [0.05, 0.1) is 16.6 Å². The second-order valence-corrected chi connectivity index (χ2v) is 6.20. The van der Waals surface area contributed by atoms with Crippen molar-refractivity contribution in [3.63, 3.8) is 0 Å². The summed E-state index contributed by atoms with van der Waals surface area (Å²) in [6.07, 6.45) is 0.834. The van der Waals surface area contributed by atoms with E-state index in [4.69, 9.17) is 18.0 Å². The lowest BCUT2D eigenvalue weighted by Gasteiger charge is -2.21. The van der Waals surface area contributed by atoms with E-state index in [0.717, 1.165) is 12.1 Å². The highest BCUT2D eigenvalue weighted by molar-refractivity contribution is 7.80. The van der Waals surface area contributed by atoms with Crippen LogP contribution in [-0.4, -0.2) is 15.8 Å². The molecule has 0 bridgehead atoms. The minimum absolute atomic E-state index is 0.102. The van der Waals surface area contributed by atoms with E-state index in [1.54, 1.807) is 16.3 Å². The Morgan fingerprint density at radius 1 is 1.35 bits per heavy atom. The van der Waals surface area contributed by atoms with Gasteiger partial charge in [-0.15, -0.1) is 11.3 Å². The van der Waals surface area contributed by atoms with Gasteiger partial charge in [0.1, 0.15) is 0 Å². The van der Waals surface area contributed by atoms with Crippen LogP contribution in [0.2, 0.25) is 0 Å². The van der Waals surface area contributed by atoms with Gasteiger partial charge in [0.2, 0.25) is 0 Å². The molecule has 1 aliphatic heterocycles. The molecule has 1 aliphatic rings. The third-order valence-electron chi connectivity index (χ3n) is 3.40. The van der Waals surface area contributed by atoms with E-state index in [1.165, 1.54) is 16.0 Å². The Balaban J connectivity index is 1.93. The molecule has 0 fully saturated rings. The predicted octanol–water partition coefficient (Wildman–Crippen LogP) is 3.45. The molecule has 20 heavy (non-hydrogen) atoms. The van der Waals surface area contributed by atoms with Crippen LogP contribution >= 0.6 is 23.6 Å². The van der Waals surface area contributed by atoms with Crippen LogP contribution in [0.25, 0.3) is 0 Å². The summed E-state index contributed by atoms with van der Waals surface area (Å²) in [6.45, 7) is 2.08. The van der Waals surface area contributed by atoms with Crippen molar-refractivity contribution < 1.29 is 0 Å². The van der Waals surface area contributed by atoms with Crippen LogP contribution in [-0.2, 0) is 0 Å². The number of nitrogens with two attached hydrogens (primary N) is 1. The maximum absolute atomic E-state index is 5.82. The average Bonchev–Trinajstić information content (AvgIpc) is 3.08. The molecular weight excluding hydrogens is 286 g/mol. The Hall–Kier alpha value is -1.72. The molecule has 1 atom stereocenters. The molecular formula is C15H15N3S2. The smallest absolute Gasteiger partial charge is 0.187 e. The summed E-state index contributed by atoms with van der Waals surface area (Å²) in [7, 11) is 0. The molecule has 2 N–H and O–H groups in total. The molecule has 5 heteroatoms. The Labute approximate surface area is 127 Å². The summed E-state index contributed by atoms with van der Waals surface area (Å²) in [5.41, 5.74) is 9.32. The van der Waals surface area contributed by atoms with E-state index < -0.39 is 0 Å². The van der Waals surface area contributed by atoms with Crippen molar-refractivity contribution in [3.05, 3.63) is 57.8 Å². The lowest BCUT2D eigenvalue weighted by molar-refractivity contribution is 0.372. The SMILES string of the molecule is Cc1ccc([C@@H]2CC(c3cccs3)=NN2C(N)=S)cc1. The lowest BCUT2D eigenvalue weighted by Crippen LogP contribution is -2.31. The van der Waals surface area contributed by atoms with Crippen molar-refractivity contribution >= 4 is 34.4 Å². The number of aryl methyl sites for hydroxylation is 1. The monoisotopic (exact) mass is 301 g/mol. The summed E-state index contributed by atoms with van der Waals surface area (Å²) in [5.74, 6) is 0. The van der Waals surface area contributed by atoms with Gasteiger partial charge < -0.3 is 5.73 Å². The number of hydrogen-bond acceptors (Lipinski definition) is 3. The fraction of sp³-hybridized carbons (Fsp3) is 0.200. The van der Waals surface area contributed by atoms with Gasteiger partial charge in [-0.05, 0) is 36.2 Å². The highest BCUT2D eigenvalue weighted by atomic mass is 32.1. The fourth-order valence-electron chi connectivity index (χ4n) is 2.35. The van der Waals surface area contributed by atoms with Gasteiger partial charge in [-0.25, -0.2) is 5.01 Å². The molecule has 0 aliphatic carbocycles. The van der Waals surface area contributed by atoms with Gasteiger partial charge >= 0.3 is 0 Å². The minimum atomic E-state index is 0.102. The largest absolute Gasteiger partial charge is 0.375 e. The lowest BCUT2D eigenvalue weighted by atomic mass is 10.0. The Morgan fingerprint density at radius 2 is 2.10 bits per heavy atom. The summed E-state index contributed by atoms with van der Waals surface area (Å²) >= 11 is 6.83. The van der Waals surface area contributed by atoms with Gasteiger partial charge in [0, 0.05) is 6.42 Å². The molecule has 0 amide bonds. The standard InChI is InChI=1S/C15H15N3S2/c1-10-4-6-11(7-5-10)13-9-12(14-3-2-8-20-14)17-18(13)15(16)19/h2-8,13H,9H2,1H3,(H2,16,19)/t13-/m0/s1. The van der Waals surface area contributed by atoms with Crippen LogP contribution in [0.4, 0.5) is 0 Å². The van der Waals surface area contributed by atoms with Gasteiger partial charge in [-0.1, -0.05) is 35.9 Å². The van der Waals surface area contributed by atoms with Crippen molar-refractivity contribution in [2.75, 3.05) is 0 Å². The minimum Gasteiger partial charge on any atom is -0.375 e. The summed E-state index contributed by atoms with van der Waals surface area (Å²) < 4.78 is 0. The zero-order valence-electron chi connectivity index (χ0n) is 11.1. The van der Waals surface area contributed by atoms with Gasteiger partial charge in [0.15, 0.2) is 5.11 Å². The second-order valence-electron chi connectivity index (χ2n) is 4.84. The Bertz CT molecular complexity index is 644. The van der Waals surface area contributed by atoms with Crippen LogP contribution in [0.15, 0.2) is 46.9 Å². The average molecular weight is 301 g/mol. The van der Waals surface area contributed by atoms with Crippen LogP contribution in [0, 0.1) is 6.92 Å². The quantitative estimate of drug-likeness (QED) is 0.864. The number of nitrogens with zero attached hydrogens (tertiary/aromatic N) is 2. The molecule has 2 aromatic rings. The topological polar surface area (TPSA) is 41.6 Å². The van der Waals surface area contributed by atoms with Crippen LogP contribution in [0.1, 0.15) is 28.5 Å². The highest BCUT2D eigenvalue weighted by Gasteiger charge is 2.30. The van der Waals surface area contributed by atoms with Gasteiger partial charge in [-0.3, -0.25) is 0 Å². The van der Waals surface area contributed by atoms with E-state index in [-0.39, 0.29) is 6.04 Å². The Morgan fingerprint density at radius 3 is 2.70 bits per heavy atom. The first-order valence-electron chi connectivity index (χ1n) is 6.42. The molecule has 3 nitrogen and oxygen atoms in total. The van der Waals surface area contributed by atoms with E-state index >= 15 is 0 Å². The molecule has 1 aromatic carbocycles. The van der Waals surface area contributed by atoms with E-state index in [1.807, 2.05) is 6.07 Å². The van der Waals surface area contributed by atoms with Gasteiger partial charge in [0.25, 0.3) is 0 Å². The Kier molecular flexibility index (Phi) is 3.54. The summed E-state index contributed by atoms with van der Waals surface area (Å²) in [6, 6.07) is 12.7. The zero-order valence-corrected chi connectivity index (χ0v) is 12.7. The molecule has 0 saturated heterocycles. The van der Waals surface area contributed by atoms with Crippen LogP contribution in [0.5, 0.6) is 0 Å². The van der Waals surface area contributed by atoms with Crippen molar-refractivity contribution in [1.29, 1.82) is 0 Å². The number of thiophene rings is 1. The highest BCUT2D eigenvalue weighted by Crippen LogP contribution is 2.33. The number of hydrazone groups is 1. The van der Waals surface area contributed by atoms with Crippen molar-refractivity contribution in [3.8, 4) is 0 Å². The molecule has 0 spiro atoms.